The predicted molar refractivity (Wildman–Crippen MR) is 172 cm³/mol. The summed E-state index contributed by atoms with van der Waals surface area (Å²) in [4.78, 5) is 84.4. The third-order valence-electron chi connectivity index (χ3n) is 8.26. The molecule has 7 N–H and O–H groups in total. The highest BCUT2D eigenvalue weighted by atomic mass is 31.2. The number of primary amides is 1. The van der Waals surface area contributed by atoms with E-state index in [1.54, 1.807) is 29.2 Å². The molecule has 0 spiro atoms. The van der Waals surface area contributed by atoms with Crippen molar-refractivity contribution < 1.29 is 47.6 Å². The van der Waals surface area contributed by atoms with E-state index in [9.17, 15) is 28.5 Å². The quantitative estimate of drug-likeness (QED) is 0.125. The van der Waals surface area contributed by atoms with Crippen molar-refractivity contribution in [1.82, 2.24) is 20.9 Å². The van der Waals surface area contributed by atoms with Gasteiger partial charge in [-0.3, -0.25) is 29.0 Å². The van der Waals surface area contributed by atoms with Gasteiger partial charge in [0.15, 0.2) is 0 Å². The van der Waals surface area contributed by atoms with Crippen molar-refractivity contribution in [2.24, 2.45) is 5.73 Å². The van der Waals surface area contributed by atoms with Gasteiger partial charge >= 0.3 is 13.9 Å². The van der Waals surface area contributed by atoms with E-state index in [0.717, 1.165) is 18.4 Å². The number of ether oxygens (including phenoxy) is 1. The number of benzene rings is 2. The van der Waals surface area contributed by atoms with Gasteiger partial charge in [0.25, 0.3) is 0 Å². The maximum Gasteiger partial charge on any atom is 0.524 e. The Balaban J connectivity index is 1.47. The average Bonchev–Trinajstić information content (AvgIpc) is 3.46. The second-order valence-electron chi connectivity index (χ2n) is 11.9. The molecule has 2 aromatic carbocycles. The lowest BCUT2D eigenvalue weighted by atomic mass is 9.98. The van der Waals surface area contributed by atoms with Crippen LogP contribution < -0.4 is 26.2 Å². The number of hydrogen-bond acceptors (Lipinski definition) is 8. The topological polar surface area (TPSA) is 227 Å². The van der Waals surface area contributed by atoms with Gasteiger partial charge in [0.05, 0.1) is 0 Å². The van der Waals surface area contributed by atoms with Crippen molar-refractivity contribution in [2.45, 2.75) is 88.6 Å². The first kappa shape index (κ1) is 36.4. The Bertz CT molecular complexity index is 1490. The van der Waals surface area contributed by atoms with Crippen molar-refractivity contribution >= 4 is 37.5 Å². The lowest BCUT2D eigenvalue weighted by Crippen LogP contribution is -2.59. The molecule has 4 rings (SSSR count). The van der Waals surface area contributed by atoms with Crippen LogP contribution in [0.3, 0.4) is 0 Å². The van der Waals surface area contributed by atoms with E-state index in [1.807, 2.05) is 6.07 Å². The van der Waals surface area contributed by atoms with Crippen LogP contribution in [0.1, 0.15) is 62.5 Å². The second-order valence-corrected chi connectivity index (χ2v) is 13.1. The molecular weight excluding hydrogens is 645 g/mol. The zero-order valence-electron chi connectivity index (χ0n) is 26.4. The van der Waals surface area contributed by atoms with Crippen molar-refractivity contribution in [3.05, 3.63) is 65.7 Å². The Kier molecular flexibility index (Phi) is 13.0. The number of phosphoric acid groups is 1. The number of nitrogens with zero attached hydrogens (tertiary/aromatic N) is 1. The van der Waals surface area contributed by atoms with E-state index >= 15 is 0 Å². The molecule has 2 aliphatic heterocycles. The van der Waals surface area contributed by atoms with Crippen LogP contribution in [-0.4, -0.2) is 75.1 Å². The Morgan fingerprint density at radius 1 is 0.958 bits per heavy atom. The molecule has 15 nitrogen and oxygen atoms in total. The number of rotatable bonds is 14. The fraction of sp³-hybridized carbons (Fsp3) is 0.469. The number of nitrogens with one attached hydrogen (secondary N) is 3. The van der Waals surface area contributed by atoms with Gasteiger partial charge in [-0.1, -0.05) is 55.3 Å². The van der Waals surface area contributed by atoms with Crippen LogP contribution in [-0.2, 0) is 41.5 Å². The number of nitrogens with two attached hydrogens (primary N) is 1. The summed E-state index contributed by atoms with van der Waals surface area (Å²) in [6.07, 6.45) is 3.24. The summed E-state index contributed by atoms with van der Waals surface area (Å²) in [5.74, 6) is -1.91. The second kappa shape index (κ2) is 17.1. The minimum absolute atomic E-state index is 0.0428. The van der Waals surface area contributed by atoms with Crippen LogP contribution in [0.2, 0.25) is 0 Å². The van der Waals surface area contributed by atoms with Crippen LogP contribution in [0, 0.1) is 0 Å². The smallest absolute Gasteiger partial charge is 0.445 e. The first-order chi connectivity index (χ1) is 22.9. The van der Waals surface area contributed by atoms with Gasteiger partial charge in [0.1, 0.15) is 30.5 Å². The third kappa shape index (κ3) is 11.1. The molecule has 0 aliphatic carbocycles. The summed E-state index contributed by atoms with van der Waals surface area (Å²) in [6, 6.07) is 11.6. The molecule has 2 saturated heterocycles. The molecule has 2 heterocycles. The molecule has 0 radical (unpaired) electrons. The van der Waals surface area contributed by atoms with Crippen molar-refractivity contribution in [1.29, 1.82) is 0 Å². The maximum absolute atomic E-state index is 13.9. The van der Waals surface area contributed by atoms with Crippen LogP contribution in [0.4, 0.5) is 4.79 Å². The molecule has 2 aliphatic rings. The summed E-state index contributed by atoms with van der Waals surface area (Å²) in [5.41, 5.74) is 6.44. The molecule has 0 aromatic heterocycles. The van der Waals surface area contributed by atoms with Crippen molar-refractivity contribution in [2.75, 3.05) is 6.54 Å². The first-order valence-electron chi connectivity index (χ1n) is 15.9. The SMILES string of the molecule is NC(=O)CCCNC(=O)[C@@H]1CCC2CCCC[C@H](NC(=O)[C@H](Cc3ccc(OP(=O)(O)O)cc3)NC(=O)OCc3ccccc3)C(=O)N21. The highest BCUT2D eigenvalue weighted by Gasteiger charge is 2.44. The zero-order valence-corrected chi connectivity index (χ0v) is 27.3. The van der Waals surface area contributed by atoms with Crippen LogP contribution in [0.25, 0.3) is 0 Å². The molecule has 4 atom stereocenters. The van der Waals surface area contributed by atoms with Gasteiger partial charge in [-0.15, -0.1) is 0 Å². The molecule has 48 heavy (non-hydrogen) atoms. The van der Waals surface area contributed by atoms with Crippen LogP contribution in [0.5, 0.6) is 5.75 Å². The minimum atomic E-state index is -4.78. The summed E-state index contributed by atoms with van der Waals surface area (Å²) in [7, 11) is -4.78. The number of alkyl carbamates (subject to hydrolysis) is 1. The van der Waals surface area contributed by atoms with Gasteiger partial charge in [0.2, 0.25) is 23.6 Å². The number of carbonyl (C=O) groups is 5. The summed E-state index contributed by atoms with van der Waals surface area (Å²) >= 11 is 0. The molecule has 260 valence electrons. The standard InChI is InChI=1S/C32H42N5O10P/c33-28(38)11-6-18-34-30(40)27-17-14-23-9-4-5-10-25(31(41)37(23)27)35-29(39)26(36-32(42)46-20-22-7-2-1-3-8-22)19-21-12-15-24(16-13-21)47-48(43,44)45/h1-3,7-8,12-13,15-16,23,25-27H,4-6,9-11,14,17-20H2,(H2,33,38)(H,34,40)(H,35,39)(H,36,42)(H2,43,44,45)/t23?,25-,26-,27-/m0/s1. The van der Waals surface area contributed by atoms with E-state index < -0.39 is 43.9 Å². The molecule has 2 fully saturated rings. The van der Waals surface area contributed by atoms with Crippen molar-refractivity contribution in [3.8, 4) is 5.75 Å². The monoisotopic (exact) mass is 687 g/mol. The summed E-state index contributed by atoms with van der Waals surface area (Å²) < 4.78 is 21.1. The number of carbonyl (C=O) groups excluding carboxylic acids is 5. The molecule has 0 saturated carbocycles. The Morgan fingerprint density at radius 3 is 2.35 bits per heavy atom. The van der Waals surface area contributed by atoms with Gasteiger partial charge in [-0.2, -0.15) is 0 Å². The lowest BCUT2D eigenvalue weighted by Gasteiger charge is -2.35. The van der Waals surface area contributed by atoms with E-state index in [1.165, 1.54) is 24.3 Å². The van der Waals surface area contributed by atoms with Gasteiger partial charge in [-0.25, -0.2) is 9.36 Å². The number of hydrogen-bond donors (Lipinski definition) is 6. The molecule has 2 aromatic rings. The number of fused-ring (bicyclic) bond motifs is 1. The Morgan fingerprint density at radius 2 is 1.67 bits per heavy atom. The highest BCUT2D eigenvalue weighted by molar-refractivity contribution is 7.46. The molecule has 5 amide bonds. The zero-order chi connectivity index (χ0) is 34.7. The largest absolute Gasteiger partial charge is 0.524 e. The Hall–Kier alpha value is -4.46. The molecule has 0 bridgehead atoms. The molecular formula is C32H42N5O10P. The summed E-state index contributed by atoms with van der Waals surface area (Å²) in [5, 5.41) is 8.17. The number of amides is 5. The van der Waals surface area contributed by atoms with E-state index in [-0.39, 0.29) is 49.6 Å². The number of phosphoric ester groups is 1. The normalized spacial score (nSPS) is 20.0. The van der Waals surface area contributed by atoms with Crippen molar-refractivity contribution in [3.63, 3.8) is 0 Å². The summed E-state index contributed by atoms with van der Waals surface area (Å²) in [6.45, 7) is 0.199. The first-order valence-corrected chi connectivity index (χ1v) is 17.4. The fourth-order valence-electron chi connectivity index (χ4n) is 5.96. The van der Waals surface area contributed by atoms with Gasteiger partial charge < -0.3 is 35.8 Å². The maximum atomic E-state index is 13.9. The third-order valence-corrected chi connectivity index (χ3v) is 8.71. The van der Waals surface area contributed by atoms with Gasteiger partial charge in [-0.05, 0) is 55.4 Å². The van der Waals surface area contributed by atoms with E-state index in [2.05, 4.69) is 20.5 Å². The Labute approximate surface area is 278 Å². The molecule has 16 heteroatoms. The predicted octanol–water partition coefficient (Wildman–Crippen LogP) is 1.80. The average molecular weight is 688 g/mol. The highest BCUT2D eigenvalue weighted by Crippen LogP contribution is 2.37. The minimum Gasteiger partial charge on any atom is -0.445 e. The van der Waals surface area contributed by atoms with Crippen LogP contribution in [0.15, 0.2) is 54.6 Å². The van der Waals surface area contributed by atoms with E-state index in [0.29, 0.717) is 37.7 Å². The van der Waals surface area contributed by atoms with E-state index in [4.69, 9.17) is 20.3 Å². The lowest BCUT2D eigenvalue weighted by molar-refractivity contribution is -0.144. The molecule has 1 unspecified atom stereocenters. The fourth-order valence-corrected chi connectivity index (χ4v) is 6.36. The van der Waals surface area contributed by atoms with Crippen LogP contribution >= 0.6 is 7.82 Å². The van der Waals surface area contributed by atoms with Gasteiger partial charge in [0, 0.05) is 25.4 Å².